The summed E-state index contributed by atoms with van der Waals surface area (Å²) in [6.45, 7) is -4.08. The van der Waals surface area contributed by atoms with Gasteiger partial charge in [0.15, 0.2) is 0 Å². The van der Waals surface area contributed by atoms with Crippen molar-refractivity contribution in [2.75, 3.05) is 6.61 Å². The second-order valence-corrected chi connectivity index (χ2v) is 11.6. The molecule has 15 nitrogen and oxygen atoms in total. The summed E-state index contributed by atoms with van der Waals surface area (Å²) in [6.07, 6.45) is -2.52. The van der Waals surface area contributed by atoms with E-state index in [2.05, 4.69) is 25.0 Å². The highest BCUT2D eigenvalue weighted by atomic mass is 32.5. The average molecular weight is 498 g/mol. The fourth-order valence-electron chi connectivity index (χ4n) is 2.31. The Morgan fingerprint density at radius 1 is 1.24 bits per heavy atom. The molecule has 0 aliphatic carbocycles. The number of ether oxygens (including phenoxy) is 1. The van der Waals surface area contributed by atoms with Crippen molar-refractivity contribution >= 4 is 34.2 Å². The molecule has 2 rings (SSSR count). The van der Waals surface area contributed by atoms with E-state index in [4.69, 9.17) is 14.5 Å². The van der Waals surface area contributed by atoms with E-state index in [0.29, 0.717) is 0 Å². The molecule has 1 aliphatic rings. The quantitative estimate of drug-likeness (QED) is 0.235. The summed E-state index contributed by atoms with van der Waals surface area (Å²) in [5.74, 6) is 0. The van der Waals surface area contributed by atoms with E-state index >= 15 is 0 Å². The number of aromatic amines is 1. The zero-order valence-electron chi connectivity index (χ0n) is 14.4. The molecule has 166 valence electrons. The van der Waals surface area contributed by atoms with E-state index in [1.807, 2.05) is 4.98 Å². The van der Waals surface area contributed by atoms with Crippen molar-refractivity contribution in [1.82, 2.24) is 9.55 Å². The summed E-state index contributed by atoms with van der Waals surface area (Å²) >= 11 is 3.95. The third-order valence-electron chi connectivity index (χ3n) is 3.48. The molecule has 0 aromatic carbocycles. The van der Waals surface area contributed by atoms with Gasteiger partial charge < -0.3 is 29.4 Å². The van der Waals surface area contributed by atoms with Gasteiger partial charge in [0.1, 0.15) is 12.3 Å². The second kappa shape index (κ2) is 8.89. The Balaban J connectivity index is 2.03. The number of nitrogens with one attached hydrogen (secondary N) is 1. The summed E-state index contributed by atoms with van der Waals surface area (Å²) in [6, 6.07) is 0. The van der Waals surface area contributed by atoms with Crippen LogP contribution in [0.1, 0.15) is 18.2 Å². The predicted molar refractivity (Wildman–Crippen MR) is 97.1 cm³/mol. The number of phosphoric ester groups is 1. The van der Waals surface area contributed by atoms with Gasteiger partial charge >= 0.3 is 28.1 Å². The fourth-order valence-corrected chi connectivity index (χ4v) is 6.09. The Bertz CT molecular complexity index is 1020. The predicted octanol–water partition coefficient (Wildman–Crippen LogP) is -1.05. The largest absolute Gasteiger partial charge is 0.488 e. The fraction of sp³-hybridized carbons (Fsp3) is 0.600. The number of hydrogen-bond donors (Lipinski definition) is 6. The molecule has 6 N–H and O–H groups in total. The Labute approximate surface area is 166 Å². The molecule has 1 aliphatic heterocycles. The van der Waals surface area contributed by atoms with E-state index in [1.54, 1.807) is 0 Å². The van der Waals surface area contributed by atoms with Gasteiger partial charge in [0, 0.05) is 18.2 Å². The molecule has 0 amide bonds. The van der Waals surface area contributed by atoms with Crippen LogP contribution in [-0.2, 0) is 38.8 Å². The summed E-state index contributed by atoms with van der Waals surface area (Å²) < 4.78 is 41.6. The van der Waals surface area contributed by atoms with Crippen molar-refractivity contribution in [3.05, 3.63) is 32.6 Å². The monoisotopic (exact) mass is 498 g/mol. The van der Waals surface area contributed by atoms with Crippen molar-refractivity contribution < 1.29 is 51.7 Å². The number of aryl methyl sites for hydroxylation is 1. The first-order valence-electron chi connectivity index (χ1n) is 7.52. The van der Waals surface area contributed by atoms with Crippen LogP contribution in [0.5, 0.6) is 0 Å². The van der Waals surface area contributed by atoms with E-state index in [-0.39, 0.29) is 12.0 Å². The van der Waals surface area contributed by atoms with Crippen molar-refractivity contribution in [3.8, 4) is 0 Å². The van der Waals surface area contributed by atoms with Gasteiger partial charge in [-0.2, -0.15) is 4.31 Å². The highest BCUT2D eigenvalue weighted by Crippen LogP contribution is 2.66. The van der Waals surface area contributed by atoms with Gasteiger partial charge in [0.2, 0.25) is 0 Å². The Morgan fingerprint density at radius 2 is 1.86 bits per heavy atom. The number of rotatable bonds is 8. The van der Waals surface area contributed by atoms with E-state index < -0.39 is 58.7 Å². The molecule has 0 saturated carbocycles. The molecule has 29 heavy (non-hydrogen) atoms. The minimum absolute atomic E-state index is 0.143. The van der Waals surface area contributed by atoms with Crippen molar-refractivity contribution in [1.29, 1.82) is 0 Å². The van der Waals surface area contributed by atoms with E-state index in [9.17, 15) is 33.6 Å². The van der Waals surface area contributed by atoms with Gasteiger partial charge in [-0.3, -0.25) is 18.9 Å². The van der Waals surface area contributed by atoms with Gasteiger partial charge in [-0.1, -0.05) is 0 Å². The number of phosphoric acid groups is 2. The smallest absolute Gasteiger partial charge is 0.390 e. The summed E-state index contributed by atoms with van der Waals surface area (Å²) in [4.78, 5) is 61.6. The van der Waals surface area contributed by atoms with Crippen LogP contribution in [0.4, 0.5) is 0 Å². The third-order valence-corrected chi connectivity index (χ3v) is 7.88. The molecular formula is C10H17N2O13P3S. The second-order valence-electron chi connectivity index (χ2n) is 5.80. The van der Waals surface area contributed by atoms with Crippen LogP contribution in [0.2, 0.25) is 0 Å². The molecule has 0 spiro atoms. The first-order valence-corrected chi connectivity index (χ1v) is 13.1. The van der Waals surface area contributed by atoms with E-state index in [0.717, 1.165) is 4.57 Å². The molecule has 2 heterocycles. The Hall–Kier alpha value is -0.570. The lowest BCUT2D eigenvalue weighted by Crippen LogP contribution is -2.33. The van der Waals surface area contributed by atoms with Gasteiger partial charge in [0.05, 0.1) is 12.7 Å². The van der Waals surface area contributed by atoms with Gasteiger partial charge in [-0.05, 0) is 18.7 Å². The summed E-state index contributed by atoms with van der Waals surface area (Å²) in [5, 5.41) is 10.0. The lowest BCUT2D eigenvalue weighted by molar-refractivity contribution is -0.0450. The lowest BCUT2D eigenvalue weighted by atomic mass is 10.2. The van der Waals surface area contributed by atoms with E-state index in [1.165, 1.54) is 13.1 Å². The molecule has 19 heteroatoms. The minimum Gasteiger partial charge on any atom is -0.390 e. The first kappa shape index (κ1) is 24.7. The average Bonchev–Trinajstić information content (AvgIpc) is 2.86. The number of hydrogen-bond acceptors (Lipinski definition) is 10. The Kier molecular flexibility index (Phi) is 7.57. The standard InChI is InChI=1S/C10H17N2O13P3S/c1-5-3-12(10(15)11-9(5)14)8-2-6(13)7(23-8)4-22-26(16,17)24-27(18,19)25-28(20,21)29/h3,6-8,13H,2,4H2,1H3,(H,16,17)(H,18,19)(H,11,14,15)(H2,20,21,29)/t6-,7+,8+/m0/s1. The number of aliphatic hydroxyl groups is 1. The van der Waals surface area contributed by atoms with Crippen LogP contribution < -0.4 is 11.2 Å². The number of H-pyrrole nitrogens is 1. The molecule has 1 aromatic rings. The van der Waals surface area contributed by atoms with Crippen molar-refractivity contribution in [2.24, 2.45) is 0 Å². The lowest BCUT2D eigenvalue weighted by Gasteiger charge is -2.20. The molecule has 1 fully saturated rings. The third kappa shape index (κ3) is 7.26. The van der Waals surface area contributed by atoms with Gasteiger partial charge in [-0.15, -0.1) is 0 Å². The van der Waals surface area contributed by atoms with Crippen LogP contribution in [0.15, 0.2) is 15.8 Å². The summed E-state index contributed by atoms with van der Waals surface area (Å²) in [7, 11) is -10.8. The van der Waals surface area contributed by atoms with Crippen LogP contribution in [-0.4, -0.2) is 53.0 Å². The van der Waals surface area contributed by atoms with Crippen LogP contribution in [0.25, 0.3) is 0 Å². The topological polar surface area (TPSA) is 227 Å². The maximum atomic E-state index is 11.9. The van der Waals surface area contributed by atoms with Crippen LogP contribution in [0.3, 0.4) is 0 Å². The number of nitrogens with zero attached hydrogens (tertiary/aromatic N) is 1. The Morgan fingerprint density at radius 3 is 2.45 bits per heavy atom. The SMILES string of the molecule is Cc1cn([C@H]2C[C@H](O)[C@@H](COP(=O)(O)OP(=O)(O)OP(O)(O)=S)O2)c(=O)[nH]c1=O. The van der Waals surface area contributed by atoms with Gasteiger partial charge in [-0.25, -0.2) is 18.2 Å². The van der Waals surface area contributed by atoms with Crippen molar-refractivity contribution in [2.45, 2.75) is 31.8 Å². The zero-order valence-corrected chi connectivity index (χ0v) is 17.9. The summed E-state index contributed by atoms with van der Waals surface area (Å²) in [5.41, 5.74) is -1.21. The van der Waals surface area contributed by atoms with Crippen molar-refractivity contribution in [3.63, 3.8) is 0 Å². The molecule has 5 atom stereocenters. The minimum atomic E-state index is -5.46. The molecule has 1 aromatic heterocycles. The highest BCUT2D eigenvalue weighted by molar-refractivity contribution is 8.08. The maximum absolute atomic E-state index is 11.9. The molecule has 1 saturated heterocycles. The zero-order chi connectivity index (χ0) is 22.2. The molecular weight excluding hydrogens is 481 g/mol. The number of aromatic nitrogens is 2. The molecule has 0 bridgehead atoms. The van der Waals surface area contributed by atoms with Crippen LogP contribution >= 0.6 is 22.4 Å². The first-order chi connectivity index (χ1) is 13.1. The normalized spacial score (nSPS) is 26.8. The van der Waals surface area contributed by atoms with Crippen LogP contribution in [0, 0.1) is 6.92 Å². The number of aliphatic hydroxyl groups excluding tert-OH is 1. The van der Waals surface area contributed by atoms with Gasteiger partial charge in [0.25, 0.3) is 5.56 Å². The maximum Gasteiger partial charge on any atom is 0.488 e. The molecule has 0 radical (unpaired) electrons. The molecule has 2 unspecified atom stereocenters. The highest BCUT2D eigenvalue weighted by Gasteiger charge is 2.42.